The molecule has 39 heavy (non-hydrogen) atoms. The summed E-state index contributed by atoms with van der Waals surface area (Å²) < 4.78 is 17.0. The number of ether oxygens (including phenoxy) is 3. The third-order valence-corrected chi connectivity index (χ3v) is 7.18. The number of methoxy groups -OCH3 is 3. The molecule has 1 aliphatic rings. The fourth-order valence-corrected chi connectivity index (χ4v) is 5.34. The molecular formula is C28H32N4O6S. The number of aryl methyl sites for hydroxylation is 1. The van der Waals surface area contributed by atoms with Crippen molar-refractivity contribution >= 4 is 34.0 Å². The lowest BCUT2D eigenvalue weighted by molar-refractivity contribution is -0.119. The number of amides is 2. The first-order valence-electron chi connectivity index (χ1n) is 12.6. The number of carbonyl (C=O) groups is 2. The highest BCUT2D eigenvalue weighted by molar-refractivity contribution is 7.13. The van der Waals surface area contributed by atoms with Crippen LogP contribution in [0.15, 0.2) is 40.6 Å². The first-order valence-corrected chi connectivity index (χ1v) is 13.4. The molecule has 0 bridgehead atoms. The van der Waals surface area contributed by atoms with Gasteiger partial charge in [-0.05, 0) is 54.2 Å². The maximum absolute atomic E-state index is 13.3. The van der Waals surface area contributed by atoms with Crippen LogP contribution in [0.2, 0.25) is 0 Å². The van der Waals surface area contributed by atoms with Crippen LogP contribution < -0.4 is 35.6 Å². The first kappa shape index (κ1) is 27.9. The smallest absolute Gasteiger partial charge is 0.226 e. The maximum atomic E-state index is 13.3. The van der Waals surface area contributed by atoms with Gasteiger partial charge >= 0.3 is 0 Å². The topological polar surface area (TPSA) is 128 Å². The second kappa shape index (κ2) is 12.6. The number of thiazole rings is 1. The average Bonchev–Trinajstić information content (AvgIpc) is 3.32. The molecule has 0 saturated heterocycles. The summed E-state index contributed by atoms with van der Waals surface area (Å²) >= 11 is 1.36. The molecule has 0 spiro atoms. The van der Waals surface area contributed by atoms with E-state index in [1.807, 2.05) is 12.1 Å². The molecule has 3 N–H and O–H groups in total. The monoisotopic (exact) mass is 552 g/mol. The SMILES string of the molecule is COc1cc2c(c(OC)c1OC)-c1ccc(NCCCC(=O)Nc3nccs3)c(=O)cc1[C@@H](NC(C)=O)CC2. The molecule has 0 unspecified atom stereocenters. The number of fused-ring (bicyclic) bond motifs is 3. The van der Waals surface area contributed by atoms with Crippen LogP contribution in [0.4, 0.5) is 10.8 Å². The van der Waals surface area contributed by atoms with Crippen molar-refractivity contribution < 1.29 is 23.8 Å². The Hall–Kier alpha value is -4.12. The zero-order chi connectivity index (χ0) is 27.9. The normalized spacial score (nSPS) is 13.8. The number of aromatic nitrogens is 1. The van der Waals surface area contributed by atoms with E-state index in [0.717, 1.165) is 16.7 Å². The fraction of sp³-hybridized carbons (Fsp3) is 0.357. The van der Waals surface area contributed by atoms with Gasteiger partial charge in [-0.3, -0.25) is 14.4 Å². The van der Waals surface area contributed by atoms with Gasteiger partial charge in [-0.2, -0.15) is 0 Å². The molecule has 0 aliphatic heterocycles. The third-order valence-electron chi connectivity index (χ3n) is 6.49. The summed E-state index contributed by atoms with van der Waals surface area (Å²) in [5, 5.41) is 11.3. The van der Waals surface area contributed by atoms with Crippen molar-refractivity contribution in [3.05, 3.63) is 57.2 Å². The summed E-state index contributed by atoms with van der Waals surface area (Å²) in [4.78, 5) is 41.6. The van der Waals surface area contributed by atoms with Crippen molar-refractivity contribution in [1.82, 2.24) is 10.3 Å². The quantitative estimate of drug-likeness (QED) is 0.320. The molecular weight excluding hydrogens is 520 g/mol. The standard InChI is InChI=1S/C28H32N4O6S/c1-16(33)31-20-9-7-17-14-23(36-2)26(37-3)27(38-4)25(17)18-8-10-21(22(34)15-19(18)20)29-11-5-6-24(35)32-28-30-12-13-39-28/h8,10,12-15,20H,5-7,9,11H2,1-4H3,(H,29,34)(H,31,33)(H,30,32,35)/t20-/m0/s1. The summed E-state index contributed by atoms with van der Waals surface area (Å²) in [6.45, 7) is 1.89. The van der Waals surface area contributed by atoms with Gasteiger partial charge in [0.05, 0.1) is 33.1 Å². The number of nitrogens with one attached hydrogen (secondary N) is 3. The van der Waals surface area contributed by atoms with Crippen LogP contribution in [0, 0.1) is 0 Å². The highest BCUT2D eigenvalue weighted by Crippen LogP contribution is 2.50. The number of carbonyl (C=O) groups excluding carboxylic acids is 2. The molecule has 0 saturated carbocycles. The van der Waals surface area contributed by atoms with Crippen molar-refractivity contribution in [3.63, 3.8) is 0 Å². The highest BCUT2D eigenvalue weighted by atomic mass is 32.1. The van der Waals surface area contributed by atoms with E-state index in [4.69, 9.17) is 14.2 Å². The van der Waals surface area contributed by atoms with E-state index in [1.54, 1.807) is 45.0 Å². The Bertz CT molecular complexity index is 1410. The van der Waals surface area contributed by atoms with Crippen LogP contribution in [0.3, 0.4) is 0 Å². The van der Waals surface area contributed by atoms with Gasteiger partial charge in [0.25, 0.3) is 0 Å². The molecule has 4 rings (SSSR count). The molecule has 1 aromatic heterocycles. The maximum Gasteiger partial charge on any atom is 0.226 e. The molecule has 206 valence electrons. The lowest BCUT2D eigenvalue weighted by atomic mass is 9.95. The molecule has 2 amide bonds. The second-order valence-corrected chi connectivity index (χ2v) is 9.91. The summed E-state index contributed by atoms with van der Waals surface area (Å²) in [6, 6.07) is 6.69. The van der Waals surface area contributed by atoms with Crippen LogP contribution >= 0.6 is 11.3 Å². The molecule has 10 nitrogen and oxygen atoms in total. The summed E-state index contributed by atoms with van der Waals surface area (Å²) in [7, 11) is 4.68. The Morgan fingerprint density at radius 2 is 1.90 bits per heavy atom. The van der Waals surface area contributed by atoms with Gasteiger partial charge in [0.2, 0.25) is 23.0 Å². The van der Waals surface area contributed by atoms with Gasteiger partial charge in [0.1, 0.15) is 0 Å². The Labute approximate surface area is 230 Å². The van der Waals surface area contributed by atoms with Crippen molar-refractivity contribution in [3.8, 4) is 28.4 Å². The van der Waals surface area contributed by atoms with Gasteiger partial charge in [-0.25, -0.2) is 4.98 Å². The van der Waals surface area contributed by atoms with Gasteiger partial charge < -0.3 is 30.2 Å². The minimum atomic E-state index is -0.380. The molecule has 0 radical (unpaired) electrons. The van der Waals surface area contributed by atoms with Crippen LogP contribution in [0.1, 0.15) is 43.4 Å². The van der Waals surface area contributed by atoms with Crippen LogP contribution in [-0.2, 0) is 16.0 Å². The predicted octanol–water partition coefficient (Wildman–Crippen LogP) is 4.15. The molecule has 1 heterocycles. The number of rotatable bonds is 10. The van der Waals surface area contributed by atoms with Crippen LogP contribution in [-0.4, -0.2) is 44.7 Å². The summed E-state index contributed by atoms with van der Waals surface area (Å²) in [6.07, 6.45) is 3.65. The lowest BCUT2D eigenvalue weighted by Crippen LogP contribution is -2.26. The largest absolute Gasteiger partial charge is 0.493 e. The molecule has 2 aromatic carbocycles. The van der Waals surface area contributed by atoms with Crippen molar-refractivity contribution in [2.75, 3.05) is 38.5 Å². The number of nitrogens with zero attached hydrogens (tertiary/aromatic N) is 1. The van der Waals surface area contributed by atoms with Crippen LogP contribution in [0.5, 0.6) is 17.2 Å². The van der Waals surface area contributed by atoms with Crippen molar-refractivity contribution in [1.29, 1.82) is 0 Å². The Morgan fingerprint density at radius 1 is 1.10 bits per heavy atom. The number of anilines is 2. The zero-order valence-corrected chi connectivity index (χ0v) is 23.2. The average molecular weight is 553 g/mol. The minimum absolute atomic E-state index is 0.134. The lowest BCUT2D eigenvalue weighted by Gasteiger charge is -2.19. The predicted molar refractivity (Wildman–Crippen MR) is 151 cm³/mol. The van der Waals surface area contributed by atoms with Gasteiger partial charge in [-0.1, -0.05) is 6.07 Å². The summed E-state index contributed by atoms with van der Waals surface area (Å²) in [5.74, 6) is 1.17. The number of hydrogen-bond donors (Lipinski definition) is 3. The van der Waals surface area contributed by atoms with Gasteiger partial charge in [0, 0.05) is 37.0 Å². The molecule has 0 fully saturated rings. The summed E-state index contributed by atoms with van der Waals surface area (Å²) in [5.41, 5.74) is 3.37. The zero-order valence-electron chi connectivity index (χ0n) is 22.4. The van der Waals surface area contributed by atoms with E-state index < -0.39 is 0 Å². The van der Waals surface area contributed by atoms with Crippen LogP contribution in [0.25, 0.3) is 11.1 Å². The molecule has 1 atom stereocenters. The van der Waals surface area contributed by atoms with Crippen molar-refractivity contribution in [2.24, 2.45) is 0 Å². The van der Waals surface area contributed by atoms with Gasteiger partial charge in [-0.15, -0.1) is 11.3 Å². The van der Waals surface area contributed by atoms with Crippen molar-refractivity contribution in [2.45, 2.75) is 38.6 Å². The second-order valence-electron chi connectivity index (χ2n) is 9.01. The van der Waals surface area contributed by atoms with E-state index in [-0.39, 0.29) is 29.7 Å². The number of benzene rings is 1. The van der Waals surface area contributed by atoms with Gasteiger partial charge in [0.15, 0.2) is 16.6 Å². The number of hydrogen-bond acceptors (Lipinski definition) is 9. The molecule has 3 aromatic rings. The Kier molecular flexibility index (Phi) is 9.03. The van der Waals surface area contributed by atoms with E-state index in [1.165, 1.54) is 18.3 Å². The van der Waals surface area contributed by atoms with E-state index >= 15 is 0 Å². The third kappa shape index (κ3) is 6.31. The molecule has 1 aliphatic carbocycles. The minimum Gasteiger partial charge on any atom is -0.493 e. The van der Waals surface area contributed by atoms with E-state index in [9.17, 15) is 14.4 Å². The fourth-order valence-electron chi connectivity index (χ4n) is 4.79. The highest BCUT2D eigenvalue weighted by Gasteiger charge is 2.29. The Morgan fingerprint density at radius 3 is 2.56 bits per heavy atom. The first-order chi connectivity index (χ1) is 18.9. The Balaban J connectivity index is 1.67. The van der Waals surface area contributed by atoms with E-state index in [2.05, 4.69) is 20.9 Å². The molecule has 11 heteroatoms. The van der Waals surface area contributed by atoms with E-state index in [0.29, 0.717) is 59.4 Å².